The fourth-order valence-electron chi connectivity index (χ4n) is 5.12. The van der Waals surface area contributed by atoms with Gasteiger partial charge >= 0.3 is 0 Å². The Hall–Kier alpha value is -1.44. The number of rotatable bonds is 4. The van der Waals surface area contributed by atoms with Gasteiger partial charge in [-0.3, -0.25) is 4.79 Å². The molecule has 2 atom stereocenters. The van der Waals surface area contributed by atoms with Crippen molar-refractivity contribution in [2.24, 2.45) is 5.92 Å². The largest absolute Gasteiger partial charge is 0.374 e. The van der Waals surface area contributed by atoms with E-state index in [0.29, 0.717) is 49.9 Å². The minimum atomic E-state index is -3.51. The molecular weight excluding hydrogens is 400 g/mol. The zero-order valence-electron chi connectivity index (χ0n) is 18.1. The SMILES string of the molecule is CC(C)c1ccc(S(=O)(=O)N2CCC(C(=O)N3CCOC4CCCCC43)CC2)cc1. The third kappa shape index (κ3) is 4.30. The standard InChI is InChI=1S/C23H34N2O4S/c1-17(2)18-7-9-20(10-8-18)30(27,28)24-13-11-19(12-14-24)23(26)25-15-16-29-22-6-4-3-5-21(22)25/h7-10,17,19,21-22H,3-6,11-16H2,1-2H3. The quantitative estimate of drug-likeness (QED) is 0.729. The van der Waals surface area contributed by atoms with Gasteiger partial charge in [0.05, 0.1) is 23.6 Å². The Kier molecular flexibility index (Phi) is 6.51. The van der Waals surface area contributed by atoms with Gasteiger partial charge < -0.3 is 9.64 Å². The molecule has 2 aliphatic heterocycles. The predicted octanol–water partition coefficient (Wildman–Crippen LogP) is 3.38. The summed E-state index contributed by atoms with van der Waals surface area (Å²) in [6, 6.07) is 7.42. The molecule has 1 aromatic carbocycles. The minimum absolute atomic E-state index is 0.0829. The van der Waals surface area contributed by atoms with Gasteiger partial charge in [-0.1, -0.05) is 38.8 Å². The molecule has 0 bridgehead atoms. The first-order valence-electron chi connectivity index (χ1n) is 11.4. The number of hydrogen-bond donors (Lipinski definition) is 0. The average Bonchev–Trinajstić information content (AvgIpc) is 2.78. The van der Waals surface area contributed by atoms with Gasteiger partial charge in [0.1, 0.15) is 0 Å². The van der Waals surface area contributed by atoms with Gasteiger partial charge in [0.2, 0.25) is 15.9 Å². The van der Waals surface area contributed by atoms with Crippen LogP contribution in [0.15, 0.2) is 29.2 Å². The molecule has 0 radical (unpaired) electrons. The summed E-state index contributed by atoms with van der Waals surface area (Å²) in [5.41, 5.74) is 1.13. The lowest BCUT2D eigenvalue weighted by atomic mass is 9.88. The molecule has 166 valence electrons. The molecule has 3 aliphatic rings. The maximum Gasteiger partial charge on any atom is 0.243 e. The summed E-state index contributed by atoms with van der Waals surface area (Å²) in [5.74, 6) is 0.487. The number of sulfonamides is 1. The topological polar surface area (TPSA) is 66.9 Å². The van der Waals surface area contributed by atoms with Crippen molar-refractivity contribution in [3.8, 4) is 0 Å². The normalized spacial score (nSPS) is 26.6. The van der Waals surface area contributed by atoms with E-state index in [1.807, 2.05) is 17.0 Å². The Morgan fingerprint density at radius 3 is 2.33 bits per heavy atom. The highest BCUT2D eigenvalue weighted by atomic mass is 32.2. The molecule has 0 spiro atoms. The maximum absolute atomic E-state index is 13.2. The highest BCUT2D eigenvalue weighted by Crippen LogP contribution is 2.32. The first-order valence-corrected chi connectivity index (χ1v) is 12.8. The third-order valence-corrected chi connectivity index (χ3v) is 8.92. The number of amides is 1. The molecule has 2 unspecified atom stereocenters. The third-order valence-electron chi connectivity index (χ3n) is 7.00. The highest BCUT2D eigenvalue weighted by molar-refractivity contribution is 7.89. The lowest BCUT2D eigenvalue weighted by Gasteiger charge is -2.45. The Balaban J connectivity index is 1.38. The van der Waals surface area contributed by atoms with Gasteiger partial charge in [-0.25, -0.2) is 8.42 Å². The molecule has 0 N–H and O–H groups in total. The van der Waals surface area contributed by atoms with Crippen LogP contribution in [-0.4, -0.2) is 61.9 Å². The number of morpholine rings is 1. The van der Waals surface area contributed by atoms with E-state index in [0.717, 1.165) is 24.8 Å². The fourth-order valence-corrected chi connectivity index (χ4v) is 6.59. The number of nitrogens with zero attached hydrogens (tertiary/aromatic N) is 2. The van der Waals surface area contributed by atoms with Crippen LogP contribution < -0.4 is 0 Å². The number of benzene rings is 1. The first-order chi connectivity index (χ1) is 14.4. The van der Waals surface area contributed by atoms with Gasteiger partial charge in [0, 0.05) is 25.6 Å². The van der Waals surface area contributed by atoms with Gasteiger partial charge in [-0.2, -0.15) is 4.31 Å². The van der Waals surface area contributed by atoms with Crippen molar-refractivity contribution in [3.05, 3.63) is 29.8 Å². The zero-order chi connectivity index (χ0) is 21.3. The van der Waals surface area contributed by atoms with E-state index in [9.17, 15) is 13.2 Å². The monoisotopic (exact) mass is 434 g/mol. The number of piperidine rings is 1. The Morgan fingerprint density at radius 1 is 1.00 bits per heavy atom. The van der Waals surface area contributed by atoms with E-state index < -0.39 is 10.0 Å². The van der Waals surface area contributed by atoms with Gasteiger partial charge in [0.15, 0.2) is 0 Å². The van der Waals surface area contributed by atoms with E-state index >= 15 is 0 Å². The number of carbonyl (C=O) groups excluding carboxylic acids is 1. The number of ether oxygens (including phenoxy) is 1. The number of hydrogen-bond acceptors (Lipinski definition) is 4. The van der Waals surface area contributed by atoms with Crippen molar-refractivity contribution in [2.45, 2.75) is 75.3 Å². The summed E-state index contributed by atoms with van der Waals surface area (Å²) < 4.78 is 33.5. The Bertz CT molecular complexity index is 842. The Labute approximate surface area is 180 Å². The van der Waals surface area contributed by atoms with E-state index in [-0.39, 0.29) is 24.0 Å². The molecular formula is C23H34N2O4S. The van der Waals surface area contributed by atoms with Crippen molar-refractivity contribution in [2.75, 3.05) is 26.2 Å². The molecule has 2 heterocycles. The van der Waals surface area contributed by atoms with Crippen LogP contribution in [0.25, 0.3) is 0 Å². The highest BCUT2D eigenvalue weighted by Gasteiger charge is 2.40. The molecule has 0 aromatic heterocycles. The van der Waals surface area contributed by atoms with Crippen molar-refractivity contribution >= 4 is 15.9 Å². The fraction of sp³-hybridized carbons (Fsp3) is 0.696. The zero-order valence-corrected chi connectivity index (χ0v) is 18.9. The van der Waals surface area contributed by atoms with Crippen LogP contribution >= 0.6 is 0 Å². The average molecular weight is 435 g/mol. The molecule has 6 nitrogen and oxygen atoms in total. The van der Waals surface area contributed by atoms with Crippen LogP contribution in [-0.2, 0) is 19.6 Å². The van der Waals surface area contributed by atoms with E-state index in [2.05, 4.69) is 13.8 Å². The van der Waals surface area contributed by atoms with Crippen molar-refractivity contribution < 1.29 is 17.9 Å². The van der Waals surface area contributed by atoms with Crippen molar-refractivity contribution in [1.29, 1.82) is 0 Å². The molecule has 1 amide bonds. The van der Waals surface area contributed by atoms with Crippen LogP contribution in [0.5, 0.6) is 0 Å². The smallest absolute Gasteiger partial charge is 0.243 e. The second-order valence-corrected chi connectivity index (χ2v) is 11.1. The molecule has 1 saturated carbocycles. The molecule has 30 heavy (non-hydrogen) atoms. The number of carbonyl (C=O) groups is 1. The van der Waals surface area contributed by atoms with E-state index in [1.165, 1.54) is 6.42 Å². The van der Waals surface area contributed by atoms with Crippen LogP contribution in [0.4, 0.5) is 0 Å². The van der Waals surface area contributed by atoms with Crippen LogP contribution in [0.1, 0.15) is 63.9 Å². The van der Waals surface area contributed by atoms with Crippen LogP contribution in [0.3, 0.4) is 0 Å². The first kappa shape index (κ1) is 21.8. The van der Waals surface area contributed by atoms with Gasteiger partial charge in [0.25, 0.3) is 0 Å². The minimum Gasteiger partial charge on any atom is -0.374 e. The summed E-state index contributed by atoms with van der Waals surface area (Å²) in [6.45, 7) is 6.28. The predicted molar refractivity (Wildman–Crippen MR) is 116 cm³/mol. The van der Waals surface area contributed by atoms with Crippen LogP contribution in [0, 0.1) is 5.92 Å². The van der Waals surface area contributed by atoms with Crippen molar-refractivity contribution in [3.63, 3.8) is 0 Å². The summed E-state index contributed by atoms with van der Waals surface area (Å²) in [6.07, 6.45) is 5.77. The summed E-state index contributed by atoms with van der Waals surface area (Å²) in [7, 11) is -3.51. The molecule has 4 rings (SSSR count). The second-order valence-electron chi connectivity index (χ2n) is 9.19. The summed E-state index contributed by atoms with van der Waals surface area (Å²) in [5, 5.41) is 0. The summed E-state index contributed by atoms with van der Waals surface area (Å²) in [4.78, 5) is 15.6. The molecule has 1 aliphatic carbocycles. The second kappa shape index (κ2) is 8.97. The van der Waals surface area contributed by atoms with E-state index in [4.69, 9.17) is 4.74 Å². The van der Waals surface area contributed by atoms with Gasteiger partial charge in [-0.05, 0) is 49.3 Å². The van der Waals surface area contributed by atoms with Gasteiger partial charge in [-0.15, -0.1) is 0 Å². The van der Waals surface area contributed by atoms with Crippen molar-refractivity contribution in [1.82, 2.24) is 9.21 Å². The molecule has 3 fully saturated rings. The lowest BCUT2D eigenvalue weighted by Crippen LogP contribution is -2.57. The lowest BCUT2D eigenvalue weighted by molar-refractivity contribution is -0.154. The number of fused-ring (bicyclic) bond motifs is 1. The summed E-state index contributed by atoms with van der Waals surface area (Å²) >= 11 is 0. The maximum atomic E-state index is 13.2. The van der Waals surface area contributed by atoms with Crippen LogP contribution in [0.2, 0.25) is 0 Å². The molecule has 1 aromatic rings. The molecule has 2 saturated heterocycles. The Morgan fingerprint density at radius 2 is 1.67 bits per heavy atom. The van der Waals surface area contributed by atoms with E-state index in [1.54, 1.807) is 16.4 Å². The molecule has 7 heteroatoms.